The second kappa shape index (κ2) is 9.56. The average molecular weight is 389 g/mol. The van der Waals surface area contributed by atoms with E-state index in [0.717, 1.165) is 5.56 Å². The smallest absolute Gasteiger partial charge is 0.312 e. The van der Waals surface area contributed by atoms with Gasteiger partial charge < -0.3 is 9.47 Å². The van der Waals surface area contributed by atoms with E-state index in [4.69, 9.17) is 21.1 Å². The van der Waals surface area contributed by atoms with Gasteiger partial charge in [0, 0.05) is 17.0 Å². The molecule has 2 aromatic rings. The van der Waals surface area contributed by atoms with E-state index in [2.05, 4.69) is 0 Å². The number of ether oxygens (including phenoxy) is 2. The van der Waals surface area contributed by atoms with Crippen molar-refractivity contribution in [3.8, 4) is 5.75 Å². The van der Waals surface area contributed by atoms with Crippen LogP contribution in [0.1, 0.15) is 43.6 Å². The molecule has 2 rings (SSSR count). The first kappa shape index (κ1) is 21.0. The average Bonchev–Trinajstić information content (AvgIpc) is 2.63. The van der Waals surface area contributed by atoms with Crippen LogP contribution in [0, 0.1) is 5.92 Å². The highest BCUT2D eigenvalue weighted by Crippen LogP contribution is 2.19. The van der Waals surface area contributed by atoms with E-state index >= 15 is 0 Å². The van der Waals surface area contributed by atoms with Crippen LogP contribution in [0.2, 0.25) is 5.02 Å². The van der Waals surface area contributed by atoms with E-state index < -0.39 is 5.92 Å². The van der Waals surface area contributed by atoms with Gasteiger partial charge in [-0.15, -0.1) is 0 Å². The van der Waals surface area contributed by atoms with Crippen LogP contribution in [0.25, 0.3) is 0 Å². The summed E-state index contributed by atoms with van der Waals surface area (Å²) in [4.78, 5) is 24.4. The molecule has 0 aromatic heterocycles. The minimum absolute atomic E-state index is 0.0193. The molecule has 0 spiro atoms. The van der Waals surface area contributed by atoms with E-state index in [0.29, 0.717) is 22.8 Å². The van der Waals surface area contributed by atoms with Gasteiger partial charge in [-0.2, -0.15) is 0 Å². The highest BCUT2D eigenvalue weighted by atomic mass is 35.5. The summed E-state index contributed by atoms with van der Waals surface area (Å²) in [6.07, 6.45) is -0.184. The molecule has 0 aliphatic rings. The van der Waals surface area contributed by atoms with Crippen LogP contribution in [-0.2, 0) is 16.0 Å². The van der Waals surface area contributed by atoms with Crippen molar-refractivity contribution in [2.45, 2.75) is 46.3 Å². The molecule has 4 nitrogen and oxygen atoms in total. The van der Waals surface area contributed by atoms with Crippen LogP contribution < -0.4 is 4.74 Å². The Morgan fingerprint density at radius 3 is 2.07 bits per heavy atom. The van der Waals surface area contributed by atoms with Gasteiger partial charge in [0.2, 0.25) is 0 Å². The normalized spacial score (nSPS) is 13.1. The molecule has 144 valence electrons. The van der Waals surface area contributed by atoms with Crippen molar-refractivity contribution in [2.24, 2.45) is 5.92 Å². The fourth-order valence-corrected chi connectivity index (χ4v) is 2.58. The van der Waals surface area contributed by atoms with Gasteiger partial charge in [-0.1, -0.05) is 23.7 Å². The number of carbonyl (C=O) groups is 2. The van der Waals surface area contributed by atoms with Gasteiger partial charge in [0.1, 0.15) is 11.9 Å². The van der Waals surface area contributed by atoms with E-state index in [-0.39, 0.29) is 24.0 Å². The van der Waals surface area contributed by atoms with Crippen molar-refractivity contribution < 1.29 is 19.1 Å². The van der Waals surface area contributed by atoms with Gasteiger partial charge in [-0.05, 0) is 69.7 Å². The van der Waals surface area contributed by atoms with Crippen LogP contribution >= 0.6 is 11.6 Å². The largest absolute Gasteiger partial charge is 0.490 e. The molecule has 2 atom stereocenters. The minimum Gasteiger partial charge on any atom is -0.490 e. The van der Waals surface area contributed by atoms with Crippen molar-refractivity contribution in [3.63, 3.8) is 0 Å². The first-order valence-corrected chi connectivity index (χ1v) is 9.39. The molecular formula is C22H25ClO4. The van der Waals surface area contributed by atoms with Crippen LogP contribution in [-0.4, -0.2) is 24.0 Å². The summed E-state index contributed by atoms with van der Waals surface area (Å²) in [5.41, 5.74) is 1.52. The molecule has 0 fully saturated rings. The third-order valence-electron chi connectivity index (χ3n) is 4.20. The summed E-state index contributed by atoms with van der Waals surface area (Å²) in [6, 6.07) is 14.2. The van der Waals surface area contributed by atoms with Gasteiger partial charge in [-0.3, -0.25) is 9.59 Å². The summed E-state index contributed by atoms with van der Waals surface area (Å²) in [5.74, 6) is -0.0496. The quantitative estimate of drug-likeness (QED) is 0.465. The molecule has 0 aliphatic carbocycles. The fraction of sp³-hybridized carbons (Fsp3) is 0.364. The number of hydrogen-bond acceptors (Lipinski definition) is 4. The maximum Gasteiger partial charge on any atom is 0.312 e. The number of halogens is 1. The number of ketones is 1. The van der Waals surface area contributed by atoms with Crippen LogP contribution in [0.3, 0.4) is 0 Å². The SMILES string of the molecule is CC(C)OC(=O)C(C)C(C)Oc1ccc(C(=O)Cc2ccc(Cl)cc2)cc1. The number of hydrogen-bond donors (Lipinski definition) is 0. The monoisotopic (exact) mass is 388 g/mol. The molecular weight excluding hydrogens is 364 g/mol. The number of esters is 1. The Kier molecular flexibility index (Phi) is 7.43. The van der Waals surface area contributed by atoms with Gasteiger partial charge in [-0.25, -0.2) is 0 Å². The zero-order valence-electron chi connectivity index (χ0n) is 16.1. The summed E-state index contributed by atoms with van der Waals surface area (Å²) in [6.45, 7) is 7.23. The molecule has 0 N–H and O–H groups in total. The third kappa shape index (κ3) is 6.40. The topological polar surface area (TPSA) is 52.6 Å². The molecule has 0 heterocycles. The minimum atomic E-state index is -0.390. The standard InChI is InChI=1S/C22H25ClO4/c1-14(2)26-22(25)15(3)16(4)27-20-11-7-18(8-12-20)21(24)13-17-5-9-19(23)10-6-17/h5-12,14-16H,13H2,1-4H3. The zero-order chi connectivity index (χ0) is 20.0. The van der Waals surface area contributed by atoms with Crippen molar-refractivity contribution in [1.29, 1.82) is 0 Å². The Labute approximate surface area is 165 Å². The molecule has 0 amide bonds. The maximum atomic E-state index is 12.4. The number of benzene rings is 2. The van der Waals surface area contributed by atoms with Crippen molar-refractivity contribution in [3.05, 3.63) is 64.7 Å². The predicted molar refractivity (Wildman–Crippen MR) is 106 cm³/mol. The summed E-state index contributed by atoms with van der Waals surface area (Å²) in [5, 5.41) is 0.647. The highest BCUT2D eigenvalue weighted by Gasteiger charge is 2.24. The second-order valence-electron chi connectivity index (χ2n) is 6.85. The molecule has 0 radical (unpaired) electrons. The van der Waals surface area contributed by atoms with Gasteiger partial charge in [0.25, 0.3) is 0 Å². The summed E-state index contributed by atoms with van der Waals surface area (Å²) in [7, 11) is 0. The molecule has 0 bridgehead atoms. The lowest BCUT2D eigenvalue weighted by Gasteiger charge is -2.21. The Balaban J connectivity index is 1.94. The lowest BCUT2D eigenvalue weighted by atomic mass is 10.0. The molecule has 2 unspecified atom stereocenters. The van der Waals surface area contributed by atoms with E-state index in [9.17, 15) is 9.59 Å². The Bertz CT molecular complexity index is 766. The Morgan fingerprint density at radius 2 is 1.52 bits per heavy atom. The maximum absolute atomic E-state index is 12.4. The van der Waals surface area contributed by atoms with Gasteiger partial charge >= 0.3 is 5.97 Å². The number of Topliss-reactive ketones (excluding diaryl/α,β-unsaturated/α-hetero) is 1. The van der Waals surface area contributed by atoms with Crippen molar-refractivity contribution >= 4 is 23.4 Å². The second-order valence-corrected chi connectivity index (χ2v) is 7.28. The van der Waals surface area contributed by atoms with Crippen molar-refractivity contribution in [2.75, 3.05) is 0 Å². The van der Waals surface area contributed by atoms with E-state index in [1.807, 2.05) is 32.9 Å². The highest BCUT2D eigenvalue weighted by molar-refractivity contribution is 6.30. The fourth-order valence-electron chi connectivity index (χ4n) is 2.46. The van der Waals surface area contributed by atoms with E-state index in [1.54, 1.807) is 43.3 Å². The molecule has 2 aromatic carbocycles. The summed E-state index contributed by atoms with van der Waals surface area (Å²) < 4.78 is 11.0. The van der Waals surface area contributed by atoms with Gasteiger partial charge in [0.15, 0.2) is 5.78 Å². The summed E-state index contributed by atoms with van der Waals surface area (Å²) >= 11 is 5.86. The Morgan fingerprint density at radius 1 is 0.926 bits per heavy atom. The lowest BCUT2D eigenvalue weighted by molar-refractivity contribution is -0.154. The van der Waals surface area contributed by atoms with Crippen LogP contribution in [0.5, 0.6) is 5.75 Å². The number of carbonyl (C=O) groups excluding carboxylic acids is 2. The molecule has 0 saturated carbocycles. The molecule has 5 heteroatoms. The van der Waals surface area contributed by atoms with Crippen LogP contribution in [0.4, 0.5) is 0 Å². The van der Waals surface area contributed by atoms with Crippen LogP contribution in [0.15, 0.2) is 48.5 Å². The predicted octanol–water partition coefficient (Wildman–Crippen LogP) is 5.12. The lowest BCUT2D eigenvalue weighted by Crippen LogP contribution is -2.31. The van der Waals surface area contributed by atoms with Crippen molar-refractivity contribution in [1.82, 2.24) is 0 Å². The third-order valence-corrected chi connectivity index (χ3v) is 4.46. The van der Waals surface area contributed by atoms with E-state index in [1.165, 1.54) is 0 Å². The Hall–Kier alpha value is -2.33. The number of rotatable bonds is 8. The first-order valence-electron chi connectivity index (χ1n) is 9.01. The molecule has 0 saturated heterocycles. The molecule has 0 aliphatic heterocycles. The first-order chi connectivity index (χ1) is 12.8. The van der Waals surface area contributed by atoms with Gasteiger partial charge in [0.05, 0.1) is 12.0 Å². The molecule has 27 heavy (non-hydrogen) atoms. The zero-order valence-corrected chi connectivity index (χ0v) is 16.8.